The fraction of sp³-hybridized carbons (Fsp3) is 0.278. The summed E-state index contributed by atoms with van der Waals surface area (Å²) in [6, 6.07) is 15.9. The van der Waals surface area contributed by atoms with E-state index in [-0.39, 0.29) is 17.8 Å². The summed E-state index contributed by atoms with van der Waals surface area (Å²) in [6.07, 6.45) is 0.862. The average Bonchev–Trinajstić information content (AvgIpc) is 3.27. The van der Waals surface area contributed by atoms with E-state index in [2.05, 4.69) is 0 Å². The second-order valence-corrected chi connectivity index (χ2v) is 5.46. The summed E-state index contributed by atoms with van der Waals surface area (Å²) in [5.74, 6) is 1.77. The molecule has 0 saturated heterocycles. The molecule has 108 valence electrons. The Morgan fingerprint density at radius 1 is 1.10 bits per heavy atom. The van der Waals surface area contributed by atoms with Crippen LogP contribution >= 0.6 is 0 Å². The Morgan fingerprint density at radius 3 is 2.52 bits per heavy atom. The van der Waals surface area contributed by atoms with Crippen LogP contribution in [0.2, 0.25) is 0 Å². The zero-order valence-corrected chi connectivity index (χ0v) is 12.2. The van der Waals surface area contributed by atoms with E-state index in [1.807, 2.05) is 55.5 Å². The largest absolute Gasteiger partial charge is 0.469 e. The molecule has 2 aromatic rings. The molecule has 1 aliphatic carbocycles. The minimum atomic E-state index is -0.120. The predicted octanol–water partition coefficient (Wildman–Crippen LogP) is 4.06. The van der Waals surface area contributed by atoms with Gasteiger partial charge in [0.05, 0.1) is 13.0 Å². The van der Waals surface area contributed by atoms with E-state index in [0.29, 0.717) is 0 Å². The third kappa shape index (κ3) is 3.07. The summed E-state index contributed by atoms with van der Waals surface area (Å²) < 4.78 is 10.7. The van der Waals surface area contributed by atoms with Crippen molar-refractivity contribution in [3.8, 4) is 11.5 Å². The van der Waals surface area contributed by atoms with Gasteiger partial charge in [0.15, 0.2) is 0 Å². The van der Waals surface area contributed by atoms with Crippen LogP contribution in [0.1, 0.15) is 23.5 Å². The Hall–Kier alpha value is -2.29. The van der Waals surface area contributed by atoms with Gasteiger partial charge in [-0.05, 0) is 54.7 Å². The molecule has 2 aromatic carbocycles. The Balaban J connectivity index is 1.74. The lowest BCUT2D eigenvalue weighted by Crippen LogP contribution is -2.03. The number of hydrogen-bond acceptors (Lipinski definition) is 3. The molecule has 1 fully saturated rings. The number of carbonyl (C=O) groups excluding carboxylic acids is 1. The quantitative estimate of drug-likeness (QED) is 0.793. The zero-order chi connectivity index (χ0) is 14.8. The third-order valence-electron chi connectivity index (χ3n) is 3.81. The molecule has 2 atom stereocenters. The fourth-order valence-corrected chi connectivity index (χ4v) is 2.60. The van der Waals surface area contributed by atoms with Crippen LogP contribution in [0.25, 0.3) is 0 Å². The van der Waals surface area contributed by atoms with Gasteiger partial charge in [-0.1, -0.05) is 24.3 Å². The van der Waals surface area contributed by atoms with Gasteiger partial charge in [0.1, 0.15) is 11.5 Å². The Bertz CT molecular complexity index is 663. The molecule has 0 N–H and O–H groups in total. The van der Waals surface area contributed by atoms with E-state index in [0.717, 1.165) is 29.0 Å². The van der Waals surface area contributed by atoms with Crippen molar-refractivity contribution in [1.82, 2.24) is 0 Å². The highest BCUT2D eigenvalue weighted by atomic mass is 16.5. The molecule has 0 aliphatic heterocycles. The fourth-order valence-electron chi connectivity index (χ4n) is 2.60. The number of hydrogen-bond donors (Lipinski definition) is 0. The van der Waals surface area contributed by atoms with Gasteiger partial charge < -0.3 is 9.47 Å². The zero-order valence-electron chi connectivity index (χ0n) is 12.2. The van der Waals surface area contributed by atoms with Gasteiger partial charge >= 0.3 is 5.97 Å². The minimum absolute atomic E-state index is 0.00391. The Kier molecular flexibility index (Phi) is 3.65. The van der Waals surface area contributed by atoms with Gasteiger partial charge in [-0.2, -0.15) is 0 Å². The standard InChI is InChI=1S/C18H18O3/c1-12-5-3-7-14(9-12)21-15-8-4-6-13(10-15)16-11-17(16)18(19)20-2/h3-10,16-17H,11H2,1-2H3. The third-order valence-corrected chi connectivity index (χ3v) is 3.81. The normalized spacial score (nSPS) is 19.9. The smallest absolute Gasteiger partial charge is 0.309 e. The minimum Gasteiger partial charge on any atom is -0.469 e. The first-order valence-electron chi connectivity index (χ1n) is 7.09. The number of carbonyl (C=O) groups is 1. The summed E-state index contributed by atoms with van der Waals surface area (Å²) >= 11 is 0. The Morgan fingerprint density at radius 2 is 1.81 bits per heavy atom. The van der Waals surface area contributed by atoms with Crippen molar-refractivity contribution in [2.24, 2.45) is 5.92 Å². The molecule has 3 rings (SSSR count). The molecule has 21 heavy (non-hydrogen) atoms. The van der Waals surface area contributed by atoms with Crippen LogP contribution in [-0.4, -0.2) is 13.1 Å². The van der Waals surface area contributed by atoms with Crippen LogP contribution in [0.3, 0.4) is 0 Å². The number of aryl methyl sites for hydroxylation is 1. The molecule has 0 spiro atoms. The predicted molar refractivity (Wildman–Crippen MR) is 80.6 cm³/mol. The van der Waals surface area contributed by atoms with Crippen molar-refractivity contribution in [2.45, 2.75) is 19.3 Å². The van der Waals surface area contributed by atoms with E-state index < -0.39 is 0 Å². The molecule has 3 nitrogen and oxygen atoms in total. The van der Waals surface area contributed by atoms with Crippen molar-refractivity contribution in [3.05, 3.63) is 59.7 Å². The topological polar surface area (TPSA) is 35.5 Å². The van der Waals surface area contributed by atoms with Crippen molar-refractivity contribution >= 4 is 5.97 Å². The van der Waals surface area contributed by atoms with Crippen LogP contribution in [0.5, 0.6) is 11.5 Å². The van der Waals surface area contributed by atoms with Crippen LogP contribution in [-0.2, 0) is 9.53 Å². The summed E-state index contributed by atoms with van der Waals surface area (Å²) in [4.78, 5) is 11.5. The van der Waals surface area contributed by atoms with Crippen LogP contribution < -0.4 is 4.74 Å². The SMILES string of the molecule is COC(=O)C1CC1c1cccc(Oc2cccc(C)c2)c1. The maximum atomic E-state index is 11.5. The number of ether oxygens (including phenoxy) is 2. The average molecular weight is 282 g/mol. The molecule has 2 unspecified atom stereocenters. The summed E-state index contributed by atoms with van der Waals surface area (Å²) in [5.41, 5.74) is 2.30. The van der Waals surface area contributed by atoms with Gasteiger partial charge in [-0.25, -0.2) is 0 Å². The van der Waals surface area contributed by atoms with E-state index in [9.17, 15) is 4.79 Å². The van der Waals surface area contributed by atoms with Gasteiger partial charge in [-0.15, -0.1) is 0 Å². The molecule has 0 aromatic heterocycles. The highest BCUT2D eigenvalue weighted by molar-refractivity contribution is 5.77. The molecule has 0 amide bonds. The Labute approximate surface area is 124 Å². The second-order valence-electron chi connectivity index (χ2n) is 5.46. The second kappa shape index (κ2) is 5.60. The van der Waals surface area contributed by atoms with E-state index in [1.165, 1.54) is 7.11 Å². The number of methoxy groups -OCH3 is 1. The summed E-state index contributed by atoms with van der Waals surface area (Å²) in [5, 5.41) is 0. The van der Waals surface area contributed by atoms with Gasteiger partial charge in [0.25, 0.3) is 0 Å². The highest BCUT2D eigenvalue weighted by Crippen LogP contribution is 2.48. The van der Waals surface area contributed by atoms with Gasteiger partial charge in [0, 0.05) is 0 Å². The molecule has 0 radical (unpaired) electrons. The van der Waals surface area contributed by atoms with Crippen LogP contribution in [0.15, 0.2) is 48.5 Å². The molecule has 0 heterocycles. The van der Waals surface area contributed by atoms with Crippen molar-refractivity contribution in [3.63, 3.8) is 0 Å². The molecule has 0 bridgehead atoms. The lowest BCUT2D eigenvalue weighted by Gasteiger charge is -2.08. The van der Waals surface area contributed by atoms with Gasteiger partial charge in [-0.3, -0.25) is 4.79 Å². The van der Waals surface area contributed by atoms with Crippen molar-refractivity contribution < 1.29 is 14.3 Å². The number of esters is 1. The van der Waals surface area contributed by atoms with Gasteiger partial charge in [0.2, 0.25) is 0 Å². The molecular weight excluding hydrogens is 264 g/mol. The first kappa shape index (κ1) is 13.7. The van der Waals surface area contributed by atoms with Crippen molar-refractivity contribution in [2.75, 3.05) is 7.11 Å². The van der Waals surface area contributed by atoms with E-state index >= 15 is 0 Å². The molecule has 1 aliphatic rings. The lowest BCUT2D eigenvalue weighted by atomic mass is 10.1. The molecule has 1 saturated carbocycles. The van der Waals surface area contributed by atoms with Crippen molar-refractivity contribution in [1.29, 1.82) is 0 Å². The van der Waals surface area contributed by atoms with E-state index in [1.54, 1.807) is 0 Å². The summed E-state index contributed by atoms with van der Waals surface area (Å²) in [7, 11) is 1.44. The molecular formula is C18H18O3. The summed E-state index contributed by atoms with van der Waals surface area (Å²) in [6.45, 7) is 2.04. The first-order chi connectivity index (χ1) is 10.2. The maximum Gasteiger partial charge on any atom is 0.309 e. The van der Waals surface area contributed by atoms with Crippen LogP contribution in [0, 0.1) is 12.8 Å². The van der Waals surface area contributed by atoms with Crippen LogP contribution in [0.4, 0.5) is 0 Å². The number of rotatable bonds is 4. The highest BCUT2D eigenvalue weighted by Gasteiger charge is 2.44. The monoisotopic (exact) mass is 282 g/mol. The number of benzene rings is 2. The first-order valence-corrected chi connectivity index (χ1v) is 7.09. The van der Waals surface area contributed by atoms with E-state index in [4.69, 9.17) is 9.47 Å². The molecule has 3 heteroatoms. The maximum absolute atomic E-state index is 11.5. The lowest BCUT2D eigenvalue weighted by molar-refractivity contribution is -0.142.